The Labute approximate surface area is 104 Å². The van der Waals surface area contributed by atoms with Crippen molar-refractivity contribution < 1.29 is 13.2 Å². The number of hydrogen-bond donors (Lipinski definition) is 2. The topological polar surface area (TPSA) is 31.1 Å². The first-order valence-corrected chi connectivity index (χ1v) is 6.15. The zero-order valence-corrected chi connectivity index (χ0v) is 10.1. The Hall–Kier alpha value is -1.01. The van der Waals surface area contributed by atoms with Crippen molar-refractivity contribution in [3.05, 3.63) is 24.0 Å². The van der Waals surface area contributed by atoms with Crippen molar-refractivity contribution in [1.29, 1.82) is 0 Å². The van der Waals surface area contributed by atoms with Crippen LogP contribution in [0.5, 0.6) is 0 Å². The molecule has 0 saturated carbocycles. The van der Waals surface area contributed by atoms with Gasteiger partial charge in [-0.3, -0.25) is 4.90 Å². The molecule has 0 bridgehead atoms. The first kappa shape index (κ1) is 13.4. The number of hydrogen-bond acceptors (Lipinski definition) is 2. The third kappa shape index (κ3) is 4.34. The van der Waals surface area contributed by atoms with Gasteiger partial charge >= 0.3 is 6.18 Å². The molecule has 1 fully saturated rings. The lowest BCUT2D eigenvalue weighted by Gasteiger charge is -2.17. The number of nitrogens with zero attached hydrogens (tertiary/aromatic N) is 1. The summed E-state index contributed by atoms with van der Waals surface area (Å²) in [4.78, 5) is 4.57. The third-order valence-corrected chi connectivity index (χ3v) is 3.18. The largest absolute Gasteiger partial charge is 0.401 e. The Bertz CT molecular complexity index is 348. The molecular formula is C12H18F3N3. The molecule has 0 aromatic carbocycles. The van der Waals surface area contributed by atoms with Crippen LogP contribution in [-0.2, 0) is 6.54 Å². The molecule has 0 spiro atoms. The van der Waals surface area contributed by atoms with E-state index < -0.39 is 12.7 Å². The summed E-state index contributed by atoms with van der Waals surface area (Å²) in [6.45, 7) is 1.82. The van der Waals surface area contributed by atoms with Crippen LogP contribution in [0, 0.1) is 5.92 Å². The van der Waals surface area contributed by atoms with Crippen molar-refractivity contribution in [3.63, 3.8) is 0 Å². The van der Waals surface area contributed by atoms with Gasteiger partial charge in [-0.2, -0.15) is 13.2 Å². The summed E-state index contributed by atoms with van der Waals surface area (Å²) < 4.78 is 36.6. The Kier molecular flexibility index (Phi) is 4.29. The molecule has 1 saturated heterocycles. The highest BCUT2D eigenvalue weighted by atomic mass is 19.4. The maximum absolute atomic E-state index is 12.2. The SMILES string of the molecule is FC(F)(F)CN1CCC(CNCc2ccc[nH]2)C1. The van der Waals surface area contributed by atoms with E-state index in [0.29, 0.717) is 19.0 Å². The van der Waals surface area contributed by atoms with Gasteiger partial charge in [0.1, 0.15) is 0 Å². The van der Waals surface area contributed by atoms with E-state index >= 15 is 0 Å². The van der Waals surface area contributed by atoms with Crippen LogP contribution < -0.4 is 5.32 Å². The number of rotatable bonds is 5. The van der Waals surface area contributed by atoms with Gasteiger partial charge in [-0.15, -0.1) is 0 Å². The van der Waals surface area contributed by atoms with Crippen LogP contribution in [0.15, 0.2) is 18.3 Å². The lowest BCUT2D eigenvalue weighted by atomic mass is 10.1. The molecule has 1 unspecified atom stereocenters. The first-order valence-electron chi connectivity index (χ1n) is 6.15. The normalized spacial score (nSPS) is 21.6. The number of halogens is 3. The monoisotopic (exact) mass is 261 g/mol. The molecular weight excluding hydrogens is 243 g/mol. The molecule has 1 aromatic heterocycles. The Morgan fingerprint density at radius 1 is 1.44 bits per heavy atom. The number of H-pyrrole nitrogens is 1. The molecule has 18 heavy (non-hydrogen) atoms. The molecule has 102 valence electrons. The highest BCUT2D eigenvalue weighted by Gasteiger charge is 2.34. The van der Waals surface area contributed by atoms with Crippen molar-refractivity contribution in [2.45, 2.75) is 19.1 Å². The Balaban J connectivity index is 1.64. The van der Waals surface area contributed by atoms with Crippen molar-refractivity contribution in [2.24, 2.45) is 5.92 Å². The van der Waals surface area contributed by atoms with Crippen LogP contribution >= 0.6 is 0 Å². The van der Waals surface area contributed by atoms with Crippen LogP contribution in [0.3, 0.4) is 0 Å². The summed E-state index contributed by atoms with van der Waals surface area (Å²) in [5.74, 6) is 0.322. The summed E-state index contributed by atoms with van der Waals surface area (Å²) in [6.07, 6.45) is -1.38. The minimum absolute atomic E-state index is 0.322. The van der Waals surface area contributed by atoms with Crippen molar-refractivity contribution >= 4 is 0 Å². The summed E-state index contributed by atoms with van der Waals surface area (Å²) in [5.41, 5.74) is 1.10. The average molecular weight is 261 g/mol. The zero-order chi connectivity index (χ0) is 13.0. The number of aromatic amines is 1. The molecule has 1 aliphatic rings. The summed E-state index contributed by atoms with van der Waals surface area (Å²) in [5, 5.41) is 3.27. The number of likely N-dealkylation sites (tertiary alicyclic amines) is 1. The van der Waals surface area contributed by atoms with E-state index in [0.717, 1.165) is 25.2 Å². The molecule has 1 aromatic rings. The van der Waals surface area contributed by atoms with Gasteiger partial charge in [0.2, 0.25) is 0 Å². The van der Waals surface area contributed by atoms with Crippen LogP contribution in [0.1, 0.15) is 12.1 Å². The van der Waals surface area contributed by atoms with Gasteiger partial charge in [-0.25, -0.2) is 0 Å². The van der Waals surface area contributed by atoms with Crippen molar-refractivity contribution in [3.8, 4) is 0 Å². The van der Waals surface area contributed by atoms with E-state index in [-0.39, 0.29) is 0 Å². The van der Waals surface area contributed by atoms with Gasteiger partial charge in [0.15, 0.2) is 0 Å². The number of aromatic nitrogens is 1. The second-order valence-corrected chi connectivity index (χ2v) is 4.83. The van der Waals surface area contributed by atoms with Gasteiger partial charge in [-0.05, 0) is 37.6 Å². The minimum Gasteiger partial charge on any atom is -0.364 e. The van der Waals surface area contributed by atoms with E-state index in [1.165, 1.54) is 4.90 Å². The van der Waals surface area contributed by atoms with Crippen molar-refractivity contribution in [2.75, 3.05) is 26.2 Å². The lowest BCUT2D eigenvalue weighted by Crippen LogP contribution is -2.33. The second-order valence-electron chi connectivity index (χ2n) is 4.83. The molecule has 0 radical (unpaired) electrons. The molecule has 2 heterocycles. The van der Waals surface area contributed by atoms with E-state index in [1.807, 2.05) is 18.3 Å². The average Bonchev–Trinajstić information content (AvgIpc) is 2.88. The maximum atomic E-state index is 12.2. The molecule has 2 rings (SSSR count). The number of nitrogens with one attached hydrogen (secondary N) is 2. The Morgan fingerprint density at radius 3 is 2.94 bits per heavy atom. The highest BCUT2D eigenvalue weighted by molar-refractivity contribution is 5.02. The lowest BCUT2D eigenvalue weighted by molar-refractivity contribution is -0.143. The van der Waals surface area contributed by atoms with Crippen LogP contribution in [0.2, 0.25) is 0 Å². The van der Waals surface area contributed by atoms with E-state index in [4.69, 9.17) is 0 Å². The van der Waals surface area contributed by atoms with Gasteiger partial charge < -0.3 is 10.3 Å². The van der Waals surface area contributed by atoms with Crippen LogP contribution in [0.4, 0.5) is 13.2 Å². The van der Waals surface area contributed by atoms with E-state index in [1.54, 1.807) is 0 Å². The quantitative estimate of drug-likeness (QED) is 0.849. The smallest absolute Gasteiger partial charge is 0.364 e. The van der Waals surface area contributed by atoms with Gasteiger partial charge in [0.05, 0.1) is 6.54 Å². The Morgan fingerprint density at radius 2 is 2.28 bits per heavy atom. The van der Waals surface area contributed by atoms with Crippen LogP contribution in [0.25, 0.3) is 0 Å². The summed E-state index contributed by atoms with van der Waals surface area (Å²) in [6, 6.07) is 3.91. The minimum atomic E-state index is -4.08. The predicted molar refractivity (Wildman–Crippen MR) is 63.1 cm³/mol. The van der Waals surface area contributed by atoms with Crippen LogP contribution in [-0.4, -0.2) is 42.2 Å². The fourth-order valence-electron chi connectivity index (χ4n) is 2.37. The molecule has 3 nitrogen and oxygen atoms in total. The highest BCUT2D eigenvalue weighted by Crippen LogP contribution is 2.22. The maximum Gasteiger partial charge on any atom is 0.401 e. The molecule has 2 N–H and O–H groups in total. The third-order valence-electron chi connectivity index (χ3n) is 3.18. The van der Waals surface area contributed by atoms with Gasteiger partial charge in [-0.1, -0.05) is 0 Å². The standard InChI is InChI=1S/C12H18F3N3/c13-12(14,15)9-18-5-3-10(8-18)6-16-7-11-2-1-4-17-11/h1-2,4,10,16-17H,3,5-9H2. The fourth-order valence-corrected chi connectivity index (χ4v) is 2.37. The first-order chi connectivity index (χ1) is 8.53. The van der Waals surface area contributed by atoms with Crippen molar-refractivity contribution in [1.82, 2.24) is 15.2 Å². The molecule has 6 heteroatoms. The molecule has 1 aliphatic heterocycles. The summed E-state index contributed by atoms with van der Waals surface area (Å²) >= 11 is 0. The zero-order valence-electron chi connectivity index (χ0n) is 10.1. The number of alkyl halides is 3. The van der Waals surface area contributed by atoms with E-state index in [9.17, 15) is 13.2 Å². The predicted octanol–water partition coefficient (Wildman–Crippen LogP) is 1.99. The second kappa shape index (κ2) is 5.75. The molecule has 1 atom stereocenters. The van der Waals surface area contributed by atoms with Gasteiger partial charge in [0.25, 0.3) is 0 Å². The molecule has 0 amide bonds. The van der Waals surface area contributed by atoms with E-state index in [2.05, 4.69) is 10.3 Å². The fraction of sp³-hybridized carbons (Fsp3) is 0.667. The summed E-state index contributed by atoms with van der Waals surface area (Å²) in [7, 11) is 0. The van der Waals surface area contributed by atoms with Gasteiger partial charge in [0, 0.05) is 25.0 Å². The molecule has 0 aliphatic carbocycles.